The highest BCUT2D eigenvalue weighted by atomic mass is 32.1. The fraction of sp³-hybridized carbons (Fsp3) is 0.467. The summed E-state index contributed by atoms with van der Waals surface area (Å²) in [6.07, 6.45) is 2.53. The van der Waals surface area contributed by atoms with Gasteiger partial charge in [-0.2, -0.15) is 11.3 Å². The second kappa shape index (κ2) is 5.40. The minimum atomic E-state index is 0.174. The van der Waals surface area contributed by atoms with Crippen molar-refractivity contribution in [3.63, 3.8) is 0 Å². The van der Waals surface area contributed by atoms with Crippen molar-refractivity contribution in [2.75, 3.05) is 6.54 Å². The predicted octanol–water partition coefficient (Wildman–Crippen LogP) is 3.26. The first-order chi connectivity index (χ1) is 9.66. The van der Waals surface area contributed by atoms with Gasteiger partial charge in [-0.15, -0.1) is 0 Å². The molecule has 1 atom stereocenters. The SMILES string of the molecule is Cc1noc(C)c1CC(=O)N1CCC[C@H]1c1ccsc1. The Morgan fingerprint density at radius 1 is 1.55 bits per heavy atom. The Morgan fingerprint density at radius 2 is 2.40 bits per heavy atom. The number of aromatic nitrogens is 1. The zero-order valence-corrected chi connectivity index (χ0v) is 12.6. The second-order valence-corrected chi connectivity index (χ2v) is 6.06. The summed E-state index contributed by atoms with van der Waals surface area (Å²) in [6, 6.07) is 2.37. The molecule has 0 unspecified atom stereocenters. The Labute approximate surface area is 122 Å². The third kappa shape index (κ3) is 2.38. The van der Waals surface area contributed by atoms with Crippen molar-refractivity contribution in [2.24, 2.45) is 0 Å². The molecule has 5 heteroatoms. The molecule has 4 nitrogen and oxygen atoms in total. The molecule has 20 heavy (non-hydrogen) atoms. The third-order valence-corrected chi connectivity index (χ3v) is 4.71. The number of thiophene rings is 1. The van der Waals surface area contributed by atoms with Crippen LogP contribution in [-0.2, 0) is 11.2 Å². The van der Waals surface area contributed by atoms with E-state index >= 15 is 0 Å². The Bertz CT molecular complexity index is 584. The molecular weight excluding hydrogens is 272 g/mol. The zero-order chi connectivity index (χ0) is 14.1. The fourth-order valence-corrected chi connectivity index (χ4v) is 3.59. The Hall–Kier alpha value is -1.62. The summed E-state index contributed by atoms with van der Waals surface area (Å²) in [5.41, 5.74) is 3.02. The first-order valence-electron chi connectivity index (χ1n) is 6.90. The van der Waals surface area contributed by atoms with E-state index in [1.54, 1.807) is 11.3 Å². The van der Waals surface area contributed by atoms with Gasteiger partial charge in [0.1, 0.15) is 5.76 Å². The van der Waals surface area contributed by atoms with Crippen LogP contribution in [0.15, 0.2) is 21.3 Å². The van der Waals surface area contributed by atoms with Gasteiger partial charge in [0.2, 0.25) is 5.91 Å². The number of likely N-dealkylation sites (tertiary alicyclic amines) is 1. The lowest BCUT2D eigenvalue weighted by Crippen LogP contribution is -2.31. The molecule has 3 rings (SSSR count). The van der Waals surface area contributed by atoms with Gasteiger partial charge in [-0.3, -0.25) is 4.79 Å². The molecule has 0 aromatic carbocycles. The number of amides is 1. The Balaban J connectivity index is 1.77. The lowest BCUT2D eigenvalue weighted by Gasteiger charge is -2.24. The van der Waals surface area contributed by atoms with Crippen LogP contribution in [0.25, 0.3) is 0 Å². The van der Waals surface area contributed by atoms with Crippen LogP contribution in [0.3, 0.4) is 0 Å². The average molecular weight is 290 g/mol. The highest BCUT2D eigenvalue weighted by Crippen LogP contribution is 2.33. The third-order valence-electron chi connectivity index (χ3n) is 4.01. The zero-order valence-electron chi connectivity index (χ0n) is 11.8. The van der Waals surface area contributed by atoms with Crippen molar-refractivity contribution in [1.29, 1.82) is 0 Å². The maximum atomic E-state index is 12.6. The van der Waals surface area contributed by atoms with E-state index in [4.69, 9.17) is 4.52 Å². The molecule has 3 heterocycles. The smallest absolute Gasteiger partial charge is 0.227 e. The van der Waals surface area contributed by atoms with Crippen LogP contribution in [0.2, 0.25) is 0 Å². The largest absolute Gasteiger partial charge is 0.361 e. The second-order valence-electron chi connectivity index (χ2n) is 5.28. The summed E-state index contributed by atoms with van der Waals surface area (Å²) in [4.78, 5) is 14.6. The van der Waals surface area contributed by atoms with Crippen LogP contribution < -0.4 is 0 Å². The number of rotatable bonds is 3. The normalized spacial score (nSPS) is 18.7. The van der Waals surface area contributed by atoms with E-state index in [1.165, 1.54) is 5.56 Å². The van der Waals surface area contributed by atoms with Gasteiger partial charge in [0.25, 0.3) is 0 Å². The number of carbonyl (C=O) groups is 1. The van der Waals surface area contributed by atoms with Crippen molar-refractivity contribution >= 4 is 17.2 Å². The summed E-state index contributed by atoms with van der Waals surface area (Å²) < 4.78 is 5.14. The lowest BCUT2D eigenvalue weighted by molar-refractivity contribution is -0.131. The molecule has 1 fully saturated rings. The predicted molar refractivity (Wildman–Crippen MR) is 77.7 cm³/mol. The molecule has 1 aliphatic rings. The molecule has 1 aliphatic heterocycles. The summed E-state index contributed by atoms with van der Waals surface area (Å²) in [5.74, 6) is 0.926. The van der Waals surface area contributed by atoms with Crippen LogP contribution in [-0.4, -0.2) is 22.5 Å². The first-order valence-corrected chi connectivity index (χ1v) is 7.84. The van der Waals surface area contributed by atoms with Gasteiger partial charge in [0.05, 0.1) is 18.2 Å². The van der Waals surface area contributed by atoms with Crippen molar-refractivity contribution < 1.29 is 9.32 Å². The van der Waals surface area contributed by atoms with Gasteiger partial charge in [-0.25, -0.2) is 0 Å². The van der Waals surface area contributed by atoms with Crippen LogP contribution in [0.4, 0.5) is 0 Å². The molecule has 106 valence electrons. The van der Waals surface area contributed by atoms with Gasteiger partial charge in [-0.1, -0.05) is 5.16 Å². The first kappa shape index (κ1) is 13.4. The minimum absolute atomic E-state index is 0.174. The minimum Gasteiger partial charge on any atom is -0.361 e. The maximum Gasteiger partial charge on any atom is 0.227 e. The molecule has 1 saturated heterocycles. The molecule has 0 radical (unpaired) electrons. The lowest BCUT2D eigenvalue weighted by atomic mass is 10.1. The van der Waals surface area contributed by atoms with Crippen LogP contribution >= 0.6 is 11.3 Å². The quantitative estimate of drug-likeness (QED) is 0.871. The van der Waals surface area contributed by atoms with Crippen LogP contribution in [0.5, 0.6) is 0 Å². The topological polar surface area (TPSA) is 46.3 Å². The van der Waals surface area contributed by atoms with Crippen molar-refractivity contribution in [2.45, 2.75) is 39.2 Å². The van der Waals surface area contributed by atoms with Crippen molar-refractivity contribution in [3.05, 3.63) is 39.4 Å². The van der Waals surface area contributed by atoms with Gasteiger partial charge >= 0.3 is 0 Å². The number of hydrogen-bond donors (Lipinski definition) is 0. The standard InChI is InChI=1S/C15H18N2O2S/c1-10-13(11(2)19-16-10)8-15(18)17-6-3-4-14(17)12-5-7-20-9-12/h5,7,9,14H,3-4,6,8H2,1-2H3/t14-/m0/s1. The van der Waals surface area contributed by atoms with Gasteiger partial charge in [0, 0.05) is 12.1 Å². The highest BCUT2D eigenvalue weighted by molar-refractivity contribution is 7.07. The summed E-state index contributed by atoms with van der Waals surface area (Å²) in [7, 11) is 0. The van der Waals surface area contributed by atoms with E-state index in [-0.39, 0.29) is 11.9 Å². The maximum absolute atomic E-state index is 12.6. The summed E-state index contributed by atoms with van der Waals surface area (Å²) in [5, 5.41) is 8.14. The Kier molecular flexibility index (Phi) is 3.61. The van der Waals surface area contributed by atoms with E-state index in [2.05, 4.69) is 22.0 Å². The van der Waals surface area contributed by atoms with Crippen molar-refractivity contribution in [3.8, 4) is 0 Å². The van der Waals surface area contributed by atoms with E-state index in [1.807, 2.05) is 18.7 Å². The van der Waals surface area contributed by atoms with E-state index in [0.29, 0.717) is 6.42 Å². The molecule has 2 aromatic heterocycles. The molecule has 1 amide bonds. The molecule has 0 aliphatic carbocycles. The number of carbonyl (C=O) groups excluding carboxylic acids is 1. The molecule has 0 bridgehead atoms. The molecule has 0 saturated carbocycles. The van der Waals surface area contributed by atoms with E-state index in [9.17, 15) is 4.79 Å². The van der Waals surface area contributed by atoms with Crippen molar-refractivity contribution in [1.82, 2.24) is 10.1 Å². The molecular formula is C15H18N2O2S. The highest BCUT2D eigenvalue weighted by Gasteiger charge is 2.30. The summed E-state index contributed by atoms with van der Waals surface area (Å²) in [6.45, 7) is 4.60. The Morgan fingerprint density at radius 3 is 3.05 bits per heavy atom. The van der Waals surface area contributed by atoms with Gasteiger partial charge in [0.15, 0.2) is 0 Å². The number of aryl methyl sites for hydroxylation is 2. The molecule has 2 aromatic rings. The van der Waals surface area contributed by atoms with Gasteiger partial charge < -0.3 is 9.42 Å². The number of hydrogen-bond acceptors (Lipinski definition) is 4. The van der Waals surface area contributed by atoms with E-state index in [0.717, 1.165) is 36.4 Å². The number of nitrogens with zero attached hydrogens (tertiary/aromatic N) is 2. The monoisotopic (exact) mass is 290 g/mol. The van der Waals surface area contributed by atoms with Crippen LogP contribution in [0.1, 0.15) is 41.5 Å². The summed E-state index contributed by atoms with van der Waals surface area (Å²) >= 11 is 1.69. The average Bonchev–Trinajstić information content (AvgIpc) is 3.13. The van der Waals surface area contributed by atoms with Gasteiger partial charge in [-0.05, 0) is 49.1 Å². The molecule has 0 N–H and O–H groups in total. The van der Waals surface area contributed by atoms with Crippen LogP contribution in [0, 0.1) is 13.8 Å². The molecule has 0 spiro atoms. The van der Waals surface area contributed by atoms with E-state index < -0.39 is 0 Å². The fourth-order valence-electron chi connectivity index (χ4n) is 2.88.